The molecule has 1 unspecified atom stereocenters. The molecule has 0 aromatic heterocycles. The number of benzene rings is 1. The topological polar surface area (TPSA) is 69.6 Å². The maximum atomic E-state index is 12.1. The number of likely N-dealkylation sites (N-methyl/N-ethyl adjacent to an activating group) is 1. The van der Waals surface area contributed by atoms with E-state index in [-0.39, 0.29) is 18.4 Å². The van der Waals surface area contributed by atoms with Gasteiger partial charge in [0.25, 0.3) is 5.91 Å². The Kier molecular flexibility index (Phi) is 6.44. The highest BCUT2D eigenvalue weighted by molar-refractivity contribution is 5.97. The standard InChI is InChI=1S/C16H20N2O3/c1-4-18(3)16(21)12(2)17-15(20)14-9-5-7-13(11-14)8-6-10-19/h5,7,9,11-12,19H,4,10H2,1-3H3,(H,17,20). The zero-order chi connectivity index (χ0) is 15.8. The van der Waals surface area contributed by atoms with Crippen LogP contribution in [0, 0.1) is 11.8 Å². The Morgan fingerprint density at radius 1 is 1.43 bits per heavy atom. The smallest absolute Gasteiger partial charge is 0.251 e. The number of nitrogens with zero attached hydrogens (tertiary/aromatic N) is 1. The predicted octanol–water partition coefficient (Wildman–Crippen LogP) is 0.627. The highest BCUT2D eigenvalue weighted by atomic mass is 16.2. The molecule has 0 aliphatic heterocycles. The van der Waals surface area contributed by atoms with E-state index in [9.17, 15) is 9.59 Å². The summed E-state index contributed by atoms with van der Waals surface area (Å²) >= 11 is 0. The van der Waals surface area contributed by atoms with Gasteiger partial charge >= 0.3 is 0 Å². The first-order valence-electron chi connectivity index (χ1n) is 6.75. The summed E-state index contributed by atoms with van der Waals surface area (Å²) in [6, 6.07) is 6.15. The van der Waals surface area contributed by atoms with Crippen molar-refractivity contribution in [1.29, 1.82) is 0 Å². The molecule has 0 heterocycles. The van der Waals surface area contributed by atoms with E-state index in [1.807, 2.05) is 6.92 Å². The number of hydrogen-bond donors (Lipinski definition) is 2. The van der Waals surface area contributed by atoms with E-state index in [2.05, 4.69) is 17.2 Å². The van der Waals surface area contributed by atoms with Crippen molar-refractivity contribution in [2.24, 2.45) is 0 Å². The summed E-state index contributed by atoms with van der Waals surface area (Å²) in [6.45, 7) is 3.88. The quantitative estimate of drug-likeness (QED) is 0.798. The second-order valence-electron chi connectivity index (χ2n) is 4.59. The van der Waals surface area contributed by atoms with Crippen LogP contribution in [-0.4, -0.2) is 48.1 Å². The van der Waals surface area contributed by atoms with Crippen LogP contribution in [0.1, 0.15) is 29.8 Å². The molecule has 1 aromatic rings. The van der Waals surface area contributed by atoms with Crippen LogP contribution in [0.25, 0.3) is 0 Å². The average molecular weight is 288 g/mol. The maximum absolute atomic E-state index is 12.1. The Bertz CT molecular complexity index is 572. The second kappa shape index (κ2) is 8.08. The summed E-state index contributed by atoms with van der Waals surface area (Å²) in [6.07, 6.45) is 0. The maximum Gasteiger partial charge on any atom is 0.251 e. The third-order valence-electron chi connectivity index (χ3n) is 3.01. The monoisotopic (exact) mass is 288 g/mol. The molecule has 0 aliphatic carbocycles. The number of nitrogens with one attached hydrogen (secondary N) is 1. The van der Waals surface area contributed by atoms with Gasteiger partial charge in [0.15, 0.2) is 0 Å². The highest BCUT2D eigenvalue weighted by Gasteiger charge is 2.19. The van der Waals surface area contributed by atoms with E-state index < -0.39 is 6.04 Å². The molecule has 5 heteroatoms. The first kappa shape index (κ1) is 16.7. The molecule has 2 amide bonds. The van der Waals surface area contributed by atoms with Crippen LogP contribution >= 0.6 is 0 Å². The van der Waals surface area contributed by atoms with Gasteiger partial charge in [0, 0.05) is 24.7 Å². The number of amides is 2. The number of rotatable bonds is 4. The second-order valence-corrected chi connectivity index (χ2v) is 4.59. The summed E-state index contributed by atoms with van der Waals surface area (Å²) in [5, 5.41) is 11.3. The molecular weight excluding hydrogens is 268 g/mol. The molecule has 21 heavy (non-hydrogen) atoms. The highest BCUT2D eigenvalue weighted by Crippen LogP contribution is 2.05. The Morgan fingerprint density at radius 3 is 2.76 bits per heavy atom. The van der Waals surface area contributed by atoms with Crippen molar-refractivity contribution < 1.29 is 14.7 Å². The van der Waals surface area contributed by atoms with Gasteiger partial charge in [-0.3, -0.25) is 9.59 Å². The van der Waals surface area contributed by atoms with Gasteiger partial charge < -0.3 is 15.3 Å². The van der Waals surface area contributed by atoms with Gasteiger partial charge in [-0.1, -0.05) is 17.9 Å². The average Bonchev–Trinajstić information content (AvgIpc) is 2.51. The molecule has 1 atom stereocenters. The predicted molar refractivity (Wildman–Crippen MR) is 80.6 cm³/mol. The van der Waals surface area contributed by atoms with Crippen molar-refractivity contribution >= 4 is 11.8 Å². The molecule has 0 fully saturated rings. The minimum atomic E-state index is -0.588. The fraction of sp³-hybridized carbons (Fsp3) is 0.375. The van der Waals surface area contributed by atoms with Gasteiger partial charge in [-0.05, 0) is 32.0 Å². The molecule has 0 spiro atoms. The molecule has 2 N–H and O–H groups in total. The third-order valence-corrected chi connectivity index (χ3v) is 3.01. The fourth-order valence-electron chi connectivity index (χ4n) is 1.71. The third kappa shape index (κ3) is 4.93. The molecule has 5 nitrogen and oxygen atoms in total. The van der Waals surface area contributed by atoms with E-state index in [0.717, 1.165) is 0 Å². The lowest BCUT2D eigenvalue weighted by Crippen LogP contribution is -2.45. The van der Waals surface area contributed by atoms with E-state index in [1.165, 1.54) is 0 Å². The van der Waals surface area contributed by atoms with Crippen LogP contribution in [0.15, 0.2) is 24.3 Å². The van der Waals surface area contributed by atoms with Gasteiger partial charge in [0.2, 0.25) is 5.91 Å². The van der Waals surface area contributed by atoms with Crippen molar-refractivity contribution in [2.45, 2.75) is 19.9 Å². The minimum Gasteiger partial charge on any atom is -0.384 e. The minimum absolute atomic E-state index is 0.137. The van der Waals surface area contributed by atoms with E-state index in [0.29, 0.717) is 17.7 Å². The molecule has 0 radical (unpaired) electrons. The first-order valence-corrected chi connectivity index (χ1v) is 6.75. The summed E-state index contributed by atoms with van der Waals surface area (Å²) in [7, 11) is 1.69. The van der Waals surface area contributed by atoms with Crippen LogP contribution in [0.4, 0.5) is 0 Å². The molecule has 0 aliphatic rings. The lowest BCUT2D eigenvalue weighted by molar-refractivity contribution is -0.131. The Balaban J connectivity index is 2.78. The molecule has 0 saturated heterocycles. The zero-order valence-electron chi connectivity index (χ0n) is 12.5. The molecule has 112 valence electrons. The number of carbonyl (C=O) groups is 2. The lowest BCUT2D eigenvalue weighted by Gasteiger charge is -2.20. The zero-order valence-corrected chi connectivity index (χ0v) is 12.5. The van der Waals surface area contributed by atoms with Gasteiger partial charge in [0.1, 0.15) is 12.6 Å². The molecule has 0 saturated carbocycles. The number of aliphatic hydroxyl groups is 1. The van der Waals surface area contributed by atoms with Crippen LogP contribution in [0.5, 0.6) is 0 Å². The van der Waals surface area contributed by atoms with E-state index in [4.69, 9.17) is 5.11 Å². The SMILES string of the molecule is CCN(C)C(=O)C(C)NC(=O)c1cccc(C#CCO)c1. The fourth-order valence-corrected chi connectivity index (χ4v) is 1.71. The van der Waals surface area contributed by atoms with Gasteiger partial charge in [0.05, 0.1) is 0 Å². The van der Waals surface area contributed by atoms with Crippen LogP contribution in [-0.2, 0) is 4.79 Å². The van der Waals surface area contributed by atoms with E-state index in [1.54, 1.807) is 43.1 Å². The first-order chi connectivity index (χ1) is 9.99. The largest absolute Gasteiger partial charge is 0.384 e. The van der Waals surface area contributed by atoms with Gasteiger partial charge in [-0.25, -0.2) is 0 Å². The molecule has 1 rings (SSSR count). The van der Waals surface area contributed by atoms with Crippen molar-refractivity contribution in [3.8, 4) is 11.8 Å². The Hall–Kier alpha value is -2.32. The Labute approximate surface area is 125 Å². The van der Waals surface area contributed by atoms with Crippen molar-refractivity contribution in [3.63, 3.8) is 0 Å². The number of carbonyl (C=O) groups excluding carboxylic acids is 2. The van der Waals surface area contributed by atoms with Crippen LogP contribution in [0.2, 0.25) is 0 Å². The van der Waals surface area contributed by atoms with E-state index >= 15 is 0 Å². The summed E-state index contributed by atoms with van der Waals surface area (Å²) in [5.41, 5.74) is 1.07. The molecular formula is C16H20N2O3. The number of hydrogen-bond acceptors (Lipinski definition) is 3. The van der Waals surface area contributed by atoms with Gasteiger partial charge in [-0.2, -0.15) is 0 Å². The van der Waals surface area contributed by atoms with Crippen molar-refractivity contribution in [3.05, 3.63) is 35.4 Å². The van der Waals surface area contributed by atoms with Crippen LogP contribution in [0.3, 0.4) is 0 Å². The van der Waals surface area contributed by atoms with Crippen LogP contribution < -0.4 is 5.32 Å². The normalized spacial score (nSPS) is 11.0. The van der Waals surface area contributed by atoms with Crippen molar-refractivity contribution in [2.75, 3.05) is 20.2 Å². The van der Waals surface area contributed by atoms with Gasteiger partial charge in [-0.15, -0.1) is 0 Å². The molecule has 1 aromatic carbocycles. The van der Waals surface area contributed by atoms with Crippen molar-refractivity contribution in [1.82, 2.24) is 10.2 Å². The Morgan fingerprint density at radius 2 is 2.14 bits per heavy atom. The summed E-state index contributed by atoms with van der Waals surface area (Å²) < 4.78 is 0. The number of aliphatic hydroxyl groups excluding tert-OH is 1. The summed E-state index contributed by atoms with van der Waals surface area (Å²) in [4.78, 5) is 25.6. The summed E-state index contributed by atoms with van der Waals surface area (Å²) in [5.74, 6) is 4.80. The molecule has 0 bridgehead atoms. The lowest BCUT2D eigenvalue weighted by atomic mass is 10.1.